The molecule has 0 aromatic heterocycles. The Morgan fingerprint density at radius 2 is 2.44 bits per heavy atom. The normalized spacial score (nSPS) is 11.1. The first kappa shape index (κ1) is 8.91. The van der Waals surface area contributed by atoms with Gasteiger partial charge in [0, 0.05) is 6.54 Å². The molecule has 0 aliphatic heterocycles. The van der Waals surface area contributed by atoms with Gasteiger partial charge in [-0.05, 0) is 11.5 Å². The molecule has 1 atom stereocenters. The Balaban J connectivity index is 3.71. The number of rotatable bonds is 3. The van der Waals surface area contributed by atoms with Gasteiger partial charge in [0.05, 0.1) is 0 Å². The molecule has 0 aromatic carbocycles. The summed E-state index contributed by atoms with van der Waals surface area (Å²) in [6.07, 6.45) is 4.96. The van der Waals surface area contributed by atoms with Crippen molar-refractivity contribution in [3.63, 3.8) is 0 Å². The van der Waals surface area contributed by atoms with Gasteiger partial charge in [-0.2, -0.15) is 0 Å². The quantitative estimate of drug-likeness (QED) is 0.469. The first-order valence-electron chi connectivity index (χ1n) is 2.53. The summed E-state index contributed by atoms with van der Waals surface area (Å²) in [5.74, 6) is 2.36. The molecule has 0 saturated heterocycles. The third-order valence-electron chi connectivity index (χ3n) is 0.861. The van der Waals surface area contributed by atoms with E-state index in [0.717, 1.165) is 0 Å². The fraction of sp³-hybridized carbons (Fsp3) is 0.600. The van der Waals surface area contributed by atoms with E-state index < -0.39 is 7.30 Å². The number of hydrogen-bond acceptors (Lipinski definition) is 1. The highest BCUT2D eigenvalue weighted by Crippen LogP contribution is 2.30. The van der Waals surface area contributed by atoms with E-state index in [1.54, 1.807) is 0 Å². The molecule has 0 aliphatic rings. The third-order valence-corrected chi connectivity index (χ3v) is 2.37. The Kier molecular flexibility index (Phi) is 4.71. The molecule has 0 aromatic rings. The summed E-state index contributed by atoms with van der Waals surface area (Å²) in [4.78, 5) is 0. The van der Waals surface area contributed by atoms with Gasteiger partial charge < -0.3 is 0 Å². The molecule has 0 spiro atoms. The lowest BCUT2D eigenvalue weighted by Crippen LogP contribution is -2.12. The van der Waals surface area contributed by atoms with Crippen LogP contribution in [0.2, 0.25) is 0 Å². The Morgan fingerprint density at radius 3 is 2.56 bits per heavy atom. The molecular weight excluding hydrogens is 156 g/mol. The van der Waals surface area contributed by atoms with E-state index in [1.165, 1.54) is 4.67 Å². The molecule has 0 saturated carbocycles. The topological polar surface area (TPSA) is 20.3 Å². The van der Waals surface area contributed by atoms with Gasteiger partial charge in [0.25, 0.3) is 0 Å². The molecule has 50 valence electrons. The summed E-state index contributed by atoms with van der Waals surface area (Å²) in [7, 11) is -1.76. The van der Waals surface area contributed by atoms with Gasteiger partial charge in [-0.3, -0.25) is 0 Å². The minimum atomic E-state index is -1.76. The van der Waals surface area contributed by atoms with Crippen LogP contribution in [0, 0.1) is 12.3 Å². The van der Waals surface area contributed by atoms with Crippen LogP contribution in [-0.2, 0) is 4.57 Å². The van der Waals surface area contributed by atoms with Crippen LogP contribution >= 0.6 is 18.5 Å². The summed E-state index contributed by atoms with van der Waals surface area (Å²) >= 11 is 5.26. The maximum atomic E-state index is 10.5. The second kappa shape index (κ2) is 4.76. The van der Waals surface area contributed by atoms with Gasteiger partial charge in [-0.15, -0.1) is 6.42 Å². The van der Waals surface area contributed by atoms with Crippen molar-refractivity contribution >= 4 is 18.5 Å². The Labute approximate surface area is 60.8 Å². The Hall–Kier alpha value is -0.0900. The monoisotopic (exact) mass is 164 g/mol. The summed E-state index contributed by atoms with van der Waals surface area (Å²) in [6.45, 7) is 2.84. The standard InChI is InChI=1S/C5H8ClNOP/c1-3-5-7(4-2)9(6)8/h1H,4-5H2,2H3/q+1. The molecule has 0 amide bonds. The molecule has 2 nitrogen and oxygen atoms in total. The van der Waals surface area contributed by atoms with Crippen molar-refractivity contribution in [1.29, 1.82) is 0 Å². The lowest BCUT2D eigenvalue weighted by atomic mass is 10.6. The van der Waals surface area contributed by atoms with Crippen LogP contribution in [0.25, 0.3) is 0 Å². The maximum Gasteiger partial charge on any atom is 0.557 e. The molecule has 4 heteroatoms. The van der Waals surface area contributed by atoms with Crippen molar-refractivity contribution in [3.8, 4) is 12.3 Å². The summed E-state index contributed by atoms with van der Waals surface area (Å²) in [5.41, 5.74) is 0. The lowest BCUT2D eigenvalue weighted by molar-refractivity contribution is 0.492. The molecule has 0 aliphatic carbocycles. The zero-order valence-corrected chi connectivity index (χ0v) is 6.82. The Morgan fingerprint density at radius 1 is 1.89 bits per heavy atom. The molecule has 0 radical (unpaired) electrons. The lowest BCUT2D eigenvalue weighted by Gasteiger charge is -1.97. The predicted molar refractivity (Wildman–Crippen MR) is 39.5 cm³/mol. The third kappa shape index (κ3) is 3.48. The molecular formula is C5H8ClNOP+. The van der Waals surface area contributed by atoms with Crippen LogP contribution in [0.5, 0.6) is 0 Å². The van der Waals surface area contributed by atoms with Gasteiger partial charge in [-0.1, -0.05) is 10.6 Å². The summed E-state index contributed by atoms with van der Waals surface area (Å²) in [5, 5.41) is 0. The smallest absolute Gasteiger partial charge is 0.119 e. The summed E-state index contributed by atoms with van der Waals surface area (Å²) < 4.78 is 12.0. The highest BCUT2D eigenvalue weighted by Gasteiger charge is 2.21. The second-order valence-corrected chi connectivity index (χ2v) is 3.30. The minimum absolute atomic E-state index is 0.356. The van der Waals surface area contributed by atoms with E-state index in [9.17, 15) is 4.57 Å². The number of terminal acetylenes is 1. The molecule has 0 rings (SSSR count). The first-order chi connectivity index (χ1) is 4.22. The molecule has 9 heavy (non-hydrogen) atoms. The molecule has 0 heterocycles. The maximum absolute atomic E-state index is 10.5. The minimum Gasteiger partial charge on any atom is -0.119 e. The van der Waals surface area contributed by atoms with Crippen molar-refractivity contribution in [2.75, 3.05) is 13.1 Å². The molecule has 0 N–H and O–H groups in total. The molecule has 1 unspecified atom stereocenters. The van der Waals surface area contributed by atoms with E-state index in [1.807, 2.05) is 6.92 Å². The average Bonchev–Trinajstić information content (AvgIpc) is 1.82. The van der Waals surface area contributed by atoms with E-state index in [2.05, 4.69) is 5.92 Å². The van der Waals surface area contributed by atoms with Crippen LogP contribution in [0.4, 0.5) is 0 Å². The predicted octanol–water partition coefficient (Wildman–Crippen LogP) is 1.84. The van der Waals surface area contributed by atoms with Crippen molar-refractivity contribution in [3.05, 3.63) is 0 Å². The van der Waals surface area contributed by atoms with Crippen molar-refractivity contribution in [2.45, 2.75) is 6.92 Å². The number of halogens is 1. The molecule has 0 bridgehead atoms. The van der Waals surface area contributed by atoms with Crippen molar-refractivity contribution in [1.82, 2.24) is 4.67 Å². The van der Waals surface area contributed by atoms with Gasteiger partial charge in [0.1, 0.15) is 6.54 Å². The first-order valence-corrected chi connectivity index (χ1v) is 4.65. The zero-order valence-electron chi connectivity index (χ0n) is 5.17. The fourth-order valence-corrected chi connectivity index (χ4v) is 1.28. The highest BCUT2D eigenvalue weighted by atomic mass is 35.7. The largest absolute Gasteiger partial charge is 0.557 e. The number of hydrogen-bond donors (Lipinski definition) is 0. The van der Waals surface area contributed by atoms with E-state index >= 15 is 0 Å². The number of nitrogens with zero attached hydrogens (tertiary/aromatic N) is 1. The van der Waals surface area contributed by atoms with Gasteiger partial charge in [0.15, 0.2) is 0 Å². The van der Waals surface area contributed by atoms with Crippen LogP contribution in [0.1, 0.15) is 6.92 Å². The van der Waals surface area contributed by atoms with E-state index in [-0.39, 0.29) is 0 Å². The van der Waals surface area contributed by atoms with E-state index in [0.29, 0.717) is 13.1 Å². The van der Waals surface area contributed by atoms with Crippen LogP contribution in [0.15, 0.2) is 0 Å². The van der Waals surface area contributed by atoms with E-state index in [4.69, 9.17) is 17.7 Å². The summed E-state index contributed by atoms with van der Waals surface area (Å²) in [6, 6.07) is 0. The molecule has 0 fully saturated rings. The highest BCUT2D eigenvalue weighted by molar-refractivity contribution is 7.71. The van der Waals surface area contributed by atoms with Gasteiger partial charge in [0.2, 0.25) is 11.2 Å². The second-order valence-electron chi connectivity index (χ2n) is 1.41. The van der Waals surface area contributed by atoms with Crippen LogP contribution in [0.3, 0.4) is 0 Å². The SMILES string of the molecule is C#CCN(CC)[P+](=O)Cl. The van der Waals surface area contributed by atoms with Crippen molar-refractivity contribution in [2.24, 2.45) is 0 Å². The van der Waals surface area contributed by atoms with Crippen LogP contribution < -0.4 is 0 Å². The fourth-order valence-electron chi connectivity index (χ4n) is 0.384. The van der Waals surface area contributed by atoms with Gasteiger partial charge in [-0.25, -0.2) is 0 Å². The average molecular weight is 165 g/mol. The Bertz CT molecular complexity index is 142. The van der Waals surface area contributed by atoms with Crippen LogP contribution in [-0.4, -0.2) is 17.8 Å². The van der Waals surface area contributed by atoms with Crippen molar-refractivity contribution < 1.29 is 4.57 Å². The van der Waals surface area contributed by atoms with Gasteiger partial charge >= 0.3 is 7.30 Å². The zero-order chi connectivity index (χ0) is 7.28.